The standard InChI is InChI=1S/C15H18O/c1-10-7-11-5-6-13(16)8-12(11)9-14(10)15(2,3)4/h5-9,16H,1-4H3. The van der Waals surface area contributed by atoms with Crippen LogP contribution in [0.3, 0.4) is 0 Å². The van der Waals surface area contributed by atoms with E-state index in [1.807, 2.05) is 12.1 Å². The fraction of sp³-hybridized carbons (Fsp3) is 0.333. The number of aromatic hydroxyl groups is 1. The maximum absolute atomic E-state index is 9.49. The fourth-order valence-corrected chi connectivity index (χ4v) is 2.21. The smallest absolute Gasteiger partial charge is 0.116 e. The van der Waals surface area contributed by atoms with Gasteiger partial charge in [0, 0.05) is 0 Å². The Bertz CT molecular complexity index is 533. The third-order valence-electron chi connectivity index (χ3n) is 2.98. The molecule has 0 saturated carbocycles. The van der Waals surface area contributed by atoms with Gasteiger partial charge in [-0.25, -0.2) is 0 Å². The van der Waals surface area contributed by atoms with Crippen LogP contribution in [0.5, 0.6) is 5.75 Å². The van der Waals surface area contributed by atoms with Crippen LogP contribution in [0.15, 0.2) is 30.3 Å². The van der Waals surface area contributed by atoms with Gasteiger partial charge >= 0.3 is 0 Å². The highest BCUT2D eigenvalue weighted by molar-refractivity contribution is 5.85. The Labute approximate surface area is 96.7 Å². The van der Waals surface area contributed by atoms with Crippen LogP contribution >= 0.6 is 0 Å². The monoisotopic (exact) mass is 214 g/mol. The molecule has 0 spiro atoms. The van der Waals surface area contributed by atoms with Gasteiger partial charge in [0.25, 0.3) is 0 Å². The van der Waals surface area contributed by atoms with Crippen LogP contribution in [0.1, 0.15) is 31.9 Å². The second-order valence-corrected chi connectivity index (χ2v) is 5.45. The van der Waals surface area contributed by atoms with Gasteiger partial charge in [0.2, 0.25) is 0 Å². The molecule has 1 heteroatoms. The van der Waals surface area contributed by atoms with Gasteiger partial charge in [-0.15, -0.1) is 0 Å². The van der Waals surface area contributed by atoms with Crippen molar-refractivity contribution in [3.05, 3.63) is 41.5 Å². The van der Waals surface area contributed by atoms with E-state index in [1.165, 1.54) is 16.5 Å². The second-order valence-electron chi connectivity index (χ2n) is 5.45. The summed E-state index contributed by atoms with van der Waals surface area (Å²) in [6.45, 7) is 8.78. The zero-order valence-corrected chi connectivity index (χ0v) is 10.3. The minimum atomic E-state index is 0.143. The number of rotatable bonds is 0. The maximum atomic E-state index is 9.49. The van der Waals surface area contributed by atoms with Gasteiger partial charge in [-0.1, -0.05) is 39.0 Å². The van der Waals surface area contributed by atoms with Crippen molar-refractivity contribution in [1.29, 1.82) is 0 Å². The third kappa shape index (κ3) is 1.90. The molecule has 0 bridgehead atoms. The zero-order valence-electron chi connectivity index (χ0n) is 10.3. The number of hydrogen-bond acceptors (Lipinski definition) is 1. The largest absolute Gasteiger partial charge is 0.508 e. The van der Waals surface area contributed by atoms with Crippen molar-refractivity contribution in [3.8, 4) is 5.75 Å². The second kappa shape index (κ2) is 3.51. The Kier molecular flexibility index (Phi) is 2.42. The lowest BCUT2D eigenvalue weighted by atomic mass is 9.83. The Morgan fingerprint density at radius 3 is 2.25 bits per heavy atom. The number of phenolic OH excluding ortho intramolecular Hbond substituents is 1. The first-order valence-corrected chi connectivity index (χ1v) is 5.62. The number of hydrogen-bond donors (Lipinski definition) is 1. The van der Waals surface area contributed by atoms with Crippen LogP contribution in [-0.4, -0.2) is 5.11 Å². The lowest BCUT2D eigenvalue weighted by Crippen LogP contribution is -2.12. The van der Waals surface area contributed by atoms with E-state index in [0.717, 1.165) is 5.39 Å². The lowest BCUT2D eigenvalue weighted by Gasteiger charge is -2.22. The molecule has 1 N–H and O–H groups in total. The summed E-state index contributed by atoms with van der Waals surface area (Å²) in [6.07, 6.45) is 0. The molecule has 0 heterocycles. The Morgan fingerprint density at radius 2 is 1.62 bits per heavy atom. The predicted octanol–water partition coefficient (Wildman–Crippen LogP) is 4.15. The van der Waals surface area contributed by atoms with Crippen LogP contribution in [0.2, 0.25) is 0 Å². The minimum absolute atomic E-state index is 0.143. The predicted molar refractivity (Wildman–Crippen MR) is 69.0 cm³/mol. The highest BCUT2D eigenvalue weighted by atomic mass is 16.3. The summed E-state index contributed by atoms with van der Waals surface area (Å²) in [5.41, 5.74) is 2.79. The van der Waals surface area contributed by atoms with Gasteiger partial charge in [-0.3, -0.25) is 0 Å². The van der Waals surface area contributed by atoms with Gasteiger partial charge in [-0.2, -0.15) is 0 Å². The molecule has 0 aliphatic carbocycles. The fourth-order valence-electron chi connectivity index (χ4n) is 2.21. The van der Waals surface area contributed by atoms with E-state index < -0.39 is 0 Å². The molecular weight excluding hydrogens is 196 g/mol. The van der Waals surface area contributed by atoms with E-state index in [4.69, 9.17) is 0 Å². The number of aryl methyl sites for hydroxylation is 1. The van der Waals surface area contributed by atoms with Crippen molar-refractivity contribution in [2.75, 3.05) is 0 Å². The summed E-state index contributed by atoms with van der Waals surface area (Å²) >= 11 is 0. The van der Waals surface area contributed by atoms with Crippen LogP contribution < -0.4 is 0 Å². The first-order chi connectivity index (χ1) is 7.38. The van der Waals surface area contributed by atoms with Crippen LogP contribution in [0.4, 0.5) is 0 Å². The number of benzene rings is 2. The molecule has 0 unspecified atom stereocenters. The molecule has 0 saturated heterocycles. The van der Waals surface area contributed by atoms with Crippen molar-refractivity contribution < 1.29 is 5.11 Å². The molecule has 1 nitrogen and oxygen atoms in total. The van der Waals surface area contributed by atoms with E-state index in [1.54, 1.807) is 6.07 Å². The Morgan fingerprint density at radius 1 is 0.938 bits per heavy atom. The summed E-state index contributed by atoms with van der Waals surface area (Å²) in [6, 6.07) is 9.90. The lowest BCUT2D eigenvalue weighted by molar-refractivity contribution is 0.476. The molecule has 16 heavy (non-hydrogen) atoms. The molecule has 0 aliphatic rings. The highest BCUT2D eigenvalue weighted by Crippen LogP contribution is 2.30. The number of phenols is 1. The summed E-state index contributed by atoms with van der Waals surface area (Å²) in [7, 11) is 0. The summed E-state index contributed by atoms with van der Waals surface area (Å²) in [4.78, 5) is 0. The molecular formula is C15H18O. The molecule has 2 aromatic carbocycles. The topological polar surface area (TPSA) is 20.2 Å². The highest BCUT2D eigenvalue weighted by Gasteiger charge is 2.16. The minimum Gasteiger partial charge on any atom is -0.508 e. The molecule has 0 aliphatic heterocycles. The molecule has 84 valence electrons. The van der Waals surface area contributed by atoms with Crippen molar-refractivity contribution in [2.45, 2.75) is 33.1 Å². The van der Waals surface area contributed by atoms with E-state index in [2.05, 4.69) is 39.8 Å². The Hall–Kier alpha value is -1.50. The van der Waals surface area contributed by atoms with Gasteiger partial charge in [0.1, 0.15) is 5.75 Å². The molecule has 0 aromatic heterocycles. The van der Waals surface area contributed by atoms with E-state index in [0.29, 0.717) is 5.75 Å². The molecule has 0 amide bonds. The molecule has 2 aromatic rings. The zero-order chi connectivity index (χ0) is 11.9. The van der Waals surface area contributed by atoms with Crippen molar-refractivity contribution in [1.82, 2.24) is 0 Å². The van der Waals surface area contributed by atoms with Crippen molar-refractivity contribution in [2.24, 2.45) is 0 Å². The van der Waals surface area contributed by atoms with E-state index >= 15 is 0 Å². The van der Waals surface area contributed by atoms with Crippen LogP contribution in [0, 0.1) is 6.92 Å². The normalized spacial score (nSPS) is 12.0. The van der Waals surface area contributed by atoms with Gasteiger partial charge in [0.15, 0.2) is 0 Å². The summed E-state index contributed by atoms with van der Waals surface area (Å²) < 4.78 is 0. The maximum Gasteiger partial charge on any atom is 0.116 e. The van der Waals surface area contributed by atoms with E-state index in [9.17, 15) is 5.11 Å². The molecule has 2 rings (SSSR count). The average molecular weight is 214 g/mol. The van der Waals surface area contributed by atoms with E-state index in [-0.39, 0.29) is 5.41 Å². The average Bonchev–Trinajstić information content (AvgIpc) is 2.16. The van der Waals surface area contributed by atoms with Crippen molar-refractivity contribution >= 4 is 10.8 Å². The molecule has 0 radical (unpaired) electrons. The molecule has 0 fully saturated rings. The number of fused-ring (bicyclic) bond motifs is 1. The van der Waals surface area contributed by atoms with Crippen LogP contribution in [-0.2, 0) is 5.41 Å². The van der Waals surface area contributed by atoms with Crippen LogP contribution in [0.25, 0.3) is 10.8 Å². The summed E-state index contributed by atoms with van der Waals surface area (Å²) in [5, 5.41) is 11.8. The SMILES string of the molecule is Cc1cc2ccc(O)cc2cc1C(C)(C)C. The first kappa shape index (κ1) is 11.0. The van der Waals surface area contributed by atoms with Gasteiger partial charge in [0.05, 0.1) is 0 Å². The van der Waals surface area contributed by atoms with Crippen molar-refractivity contribution in [3.63, 3.8) is 0 Å². The van der Waals surface area contributed by atoms with Gasteiger partial charge < -0.3 is 5.11 Å². The molecule has 0 atom stereocenters. The Balaban J connectivity index is 2.74. The van der Waals surface area contributed by atoms with Gasteiger partial charge in [-0.05, 0) is 46.4 Å². The third-order valence-corrected chi connectivity index (χ3v) is 2.98. The first-order valence-electron chi connectivity index (χ1n) is 5.62. The summed E-state index contributed by atoms with van der Waals surface area (Å²) in [5.74, 6) is 0.330. The quantitative estimate of drug-likeness (QED) is 0.698.